The van der Waals surface area contributed by atoms with Crippen LogP contribution in [0.2, 0.25) is 0 Å². The van der Waals surface area contributed by atoms with E-state index in [0.29, 0.717) is 6.04 Å². The molecular weight excluding hydrogens is 292 g/mol. The molecule has 6 nitrogen and oxygen atoms in total. The maximum atomic E-state index is 6.27. The first-order chi connectivity index (χ1) is 11.1. The van der Waals surface area contributed by atoms with Crippen LogP contribution in [-0.4, -0.2) is 78.2 Å². The summed E-state index contributed by atoms with van der Waals surface area (Å²) in [5, 5.41) is 4.48. The zero-order valence-electron chi connectivity index (χ0n) is 14.7. The molecule has 0 amide bonds. The highest BCUT2D eigenvalue weighted by molar-refractivity contribution is 5.01. The molecule has 23 heavy (non-hydrogen) atoms. The predicted octanol–water partition coefficient (Wildman–Crippen LogP) is 1.12. The molecule has 0 N–H and O–H groups in total. The van der Waals surface area contributed by atoms with E-state index in [1.807, 2.05) is 17.9 Å². The Bertz CT molecular complexity index is 497. The van der Waals surface area contributed by atoms with Gasteiger partial charge in [-0.05, 0) is 32.4 Å². The van der Waals surface area contributed by atoms with Crippen molar-refractivity contribution < 1.29 is 9.47 Å². The number of hydrogen-bond acceptors (Lipinski definition) is 5. The molecule has 1 aromatic heterocycles. The predicted molar refractivity (Wildman–Crippen MR) is 89.3 cm³/mol. The van der Waals surface area contributed by atoms with Gasteiger partial charge in [-0.25, -0.2) is 0 Å². The van der Waals surface area contributed by atoms with Gasteiger partial charge in [0.15, 0.2) is 0 Å². The van der Waals surface area contributed by atoms with Crippen molar-refractivity contribution in [2.24, 2.45) is 7.05 Å². The van der Waals surface area contributed by atoms with Crippen molar-refractivity contribution in [3.05, 3.63) is 18.0 Å². The number of likely N-dealkylation sites (tertiary alicyclic amines) is 1. The first kappa shape index (κ1) is 16.9. The lowest BCUT2D eigenvalue weighted by atomic mass is 9.87. The highest BCUT2D eigenvalue weighted by Gasteiger charge is 2.43. The molecule has 0 bridgehead atoms. The van der Waals surface area contributed by atoms with Gasteiger partial charge in [0.05, 0.1) is 24.5 Å². The molecule has 2 aliphatic heterocycles. The van der Waals surface area contributed by atoms with E-state index in [4.69, 9.17) is 9.47 Å². The van der Waals surface area contributed by atoms with E-state index >= 15 is 0 Å². The van der Waals surface area contributed by atoms with Crippen molar-refractivity contribution in [2.45, 2.75) is 37.5 Å². The summed E-state index contributed by atoms with van der Waals surface area (Å²) < 4.78 is 13.3. The number of rotatable bonds is 6. The summed E-state index contributed by atoms with van der Waals surface area (Å²) in [6.45, 7) is 5.79. The third kappa shape index (κ3) is 4.12. The van der Waals surface area contributed by atoms with Crippen LogP contribution < -0.4 is 0 Å². The Labute approximate surface area is 139 Å². The molecule has 6 heteroatoms. The van der Waals surface area contributed by atoms with Crippen LogP contribution >= 0.6 is 0 Å². The molecule has 1 aromatic rings. The number of piperidine rings is 1. The Morgan fingerprint density at radius 2 is 2.22 bits per heavy atom. The summed E-state index contributed by atoms with van der Waals surface area (Å²) in [5.74, 6) is 0. The largest absolute Gasteiger partial charge is 0.383 e. The minimum Gasteiger partial charge on any atom is -0.383 e. The normalized spacial score (nSPS) is 24.8. The van der Waals surface area contributed by atoms with Gasteiger partial charge in [-0.1, -0.05) is 0 Å². The second-order valence-electron chi connectivity index (χ2n) is 7.08. The van der Waals surface area contributed by atoms with Crippen molar-refractivity contribution >= 4 is 0 Å². The Morgan fingerprint density at radius 3 is 2.87 bits per heavy atom. The average molecular weight is 322 g/mol. The standard InChI is InChI=1S/C17H30N4O2/c1-19(10-11-22-3)16-12-17(23-14-16)5-8-21(9-6-17)13-15-4-7-20(2)18-15/h4,7,16H,5-6,8-14H2,1-3H3. The third-order valence-corrected chi connectivity index (χ3v) is 5.38. The van der Waals surface area contributed by atoms with E-state index in [1.165, 1.54) is 0 Å². The average Bonchev–Trinajstić information content (AvgIpc) is 3.14. The zero-order valence-corrected chi connectivity index (χ0v) is 14.7. The number of aromatic nitrogens is 2. The maximum absolute atomic E-state index is 6.27. The molecule has 3 rings (SSSR count). The molecule has 2 saturated heterocycles. The molecule has 0 aromatic carbocycles. The van der Waals surface area contributed by atoms with Crippen LogP contribution in [0.15, 0.2) is 12.3 Å². The molecule has 0 aliphatic carbocycles. The van der Waals surface area contributed by atoms with Crippen molar-refractivity contribution in [2.75, 3.05) is 47.0 Å². The number of likely N-dealkylation sites (N-methyl/N-ethyl adjacent to an activating group) is 1. The van der Waals surface area contributed by atoms with Crippen molar-refractivity contribution in [3.63, 3.8) is 0 Å². The summed E-state index contributed by atoms with van der Waals surface area (Å²) in [4.78, 5) is 4.89. The highest BCUT2D eigenvalue weighted by atomic mass is 16.5. The molecule has 3 heterocycles. The fourth-order valence-corrected chi connectivity index (χ4v) is 3.76. The van der Waals surface area contributed by atoms with Crippen LogP contribution in [0.1, 0.15) is 25.0 Å². The highest BCUT2D eigenvalue weighted by Crippen LogP contribution is 2.37. The fourth-order valence-electron chi connectivity index (χ4n) is 3.76. The van der Waals surface area contributed by atoms with Crippen LogP contribution in [0.4, 0.5) is 0 Å². The Kier molecular flexibility index (Phi) is 5.36. The van der Waals surface area contributed by atoms with E-state index in [1.54, 1.807) is 7.11 Å². The Hall–Kier alpha value is -0.950. The lowest BCUT2D eigenvalue weighted by Gasteiger charge is -2.38. The monoisotopic (exact) mass is 322 g/mol. The first-order valence-corrected chi connectivity index (χ1v) is 8.64. The smallest absolute Gasteiger partial charge is 0.0764 e. The second-order valence-corrected chi connectivity index (χ2v) is 7.08. The third-order valence-electron chi connectivity index (χ3n) is 5.38. The van der Waals surface area contributed by atoms with E-state index in [9.17, 15) is 0 Å². The molecule has 2 aliphatic rings. The van der Waals surface area contributed by atoms with E-state index in [-0.39, 0.29) is 5.60 Å². The minimum absolute atomic E-state index is 0.104. The summed E-state index contributed by atoms with van der Waals surface area (Å²) in [6.07, 6.45) is 5.44. The molecular formula is C17H30N4O2. The first-order valence-electron chi connectivity index (χ1n) is 8.64. The summed E-state index contributed by atoms with van der Waals surface area (Å²) in [5.41, 5.74) is 1.26. The van der Waals surface area contributed by atoms with Gasteiger partial charge in [0.1, 0.15) is 0 Å². The van der Waals surface area contributed by atoms with Crippen LogP contribution in [0, 0.1) is 0 Å². The Balaban J connectivity index is 1.47. The van der Waals surface area contributed by atoms with Gasteiger partial charge in [-0.15, -0.1) is 0 Å². The quantitative estimate of drug-likeness (QED) is 0.785. The summed E-state index contributed by atoms with van der Waals surface area (Å²) in [7, 11) is 5.92. The minimum atomic E-state index is 0.104. The molecule has 0 radical (unpaired) electrons. The summed E-state index contributed by atoms with van der Waals surface area (Å²) in [6, 6.07) is 2.64. The fraction of sp³-hybridized carbons (Fsp3) is 0.824. The maximum Gasteiger partial charge on any atom is 0.0764 e. The van der Waals surface area contributed by atoms with Gasteiger partial charge in [-0.3, -0.25) is 14.5 Å². The molecule has 1 spiro atoms. The van der Waals surface area contributed by atoms with Gasteiger partial charge in [0.2, 0.25) is 0 Å². The zero-order chi connectivity index (χ0) is 16.3. The lowest BCUT2D eigenvalue weighted by Crippen LogP contribution is -2.44. The van der Waals surface area contributed by atoms with E-state index in [2.05, 4.69) is 28.0 Å². The molecule has 130 valence electrons. The van der Waals surface area contributed by atoms with Crippen molar-refractivity contribution in [1.29, 1.82) is 0 Å². The van der Waals surface area contributed by atoms with Crippen LogP contribution in [0.5, 0.6) is 0 Å². The molecule has 1 unspecified atom stereocenters. The molecule has 0 saturated carbocycles. The van der Waals surface area contributed by atoms with E-state index < -0.39 is 0 Å². The van der Waals surface area contributed by atoms with Crippen LogP contribution in [-0.2, 0) is 23.1 Å². The number of aryl methyl sites for hydroxylation is 1. The van der Waals surface area contributed by atoms with Crippen LogP contribution in [0.3, 0.4) is 0 Å². The van der Waals surface area contributed by atoms with E-state index in [0.717, 1.165) is 64.3 Å². The molecule has 2 fully saturated rings. The SMILES string of the molecule is COCCN(C)C1COC2(CCN(Cc3ccn(C)n3)CC2)C1. The van der Waals surface area contributed by atoms with Gasteiger partial charge in [-0.2, -0.15) is 5.10 Å². The van der Waals surface area contributed by atoms with Gasteiger partial charge >= 0.3 is 0 Å². The number of ether oxygens (including phenoxy) is 2. The van der Waals surface area contributed by atoms with Crippen molar-refractivity contribution in [3.8, 4) is 0 Å². The number of nitrogens with zero attached hydrogens (tertiary/aromatic N) is 4. The Morgan fingerprint density at radius 1 is 1.43 bits per heavy atom. The van der Waals surface area contributed by atoms with Gasteiger partial charge in [0.25, 0.3) is 0 Å². The topological polar surface area (TPSA) is 42.8 Å². The lowest BCUT2D eigenvalue weighted by molar-refractivity contribution is -0.0454. The number of hydrogen-bond donors (Lipinski definition) is 0. The van der Waals surface area contributed by atoms with Crippen LogP contribution in [0.25, 0.3) is 0 Å². The van der Waals surface area contributed by atoms with Gasteiger partial charge < -0.3 is 9.47 Å². The summed E-state index contributed by atoms with van der Waals surface area (Å²) >= 11 is 0. The number of methoxy groups -OCH3 is 1. The molecule has 1 atom stereocenters. The van der Waals surface area contributed by atoms with Crippen molar-refractivity contribution in [1.82, 2.24) is 19.6 Å². The van der Waals surface area contributed by atoms with Gasteiger partial charge in [0, 0.05) is 52.6 Å². The second kappa shape index (κ2) is 7.30.